The highest BCUT2D eigenvalue weighted by molar-refractivity contribution is 7.14. The monoisotopic (exact) mass is 376 g/mol. The van der Waals surface area contributed by atoms with Gasteiger partial charge in [-0.05, 0) is 38.1 Å². The predicted molar refractivity (Wildman–Crippen MR) is 100 cm³/mol. The molecule has 0 aliphatic carbocycles. The van der Waals surface area contributed by atoms with Crippen LogP contribution in [0.1, 0.15) is 41.9 Å². The first-order chi connectivity index (χ1) is 12.7. The smallest absolute Gasteiger partial charge is 0.293 e. The Hall–Kier alpha value is -2.19. The molecule has 1 saturated heterocycles. The van der Waals surface area contributed by atoms with Crippen molar-refractivity contribution >= 4 is 28.3 Å². The van der Waals surface area contributed by atoms with Crippen molar-refractivity contribution in [3.63, 3.8) is 0 Å². The predicted octanol–water partition coefficient (Wildman–Crippen LogP) is 2.52. The van der Waals surface area contributed by atoms with Crippen LogP contribution in [-0.2, 0) is 11.2 Å². The molecule has 140 valence electrons. The number of thiazole rings is 1. The van der Waals surface area contributed by atoms with Crippen LogP contribution in [0.15, 0.2) is 28.2 Å². The second-order valence-corrected chi connectivity index (χ2v) is 7.22. The minimum atomic E-state index is -0.349. The van der Waals surface area contributed by atoms with Crippen LogP contribution in [0.4, 0.5) is 5.13 Å². The summed E-state index contributed by atoms with van der Waals surface area (Å²) < 4.78 is 5.04. The number of nitrogens with zero attached hydrogens (tertiary/aromatic N) is 2. The normalized spacial score (nSPS) is 15.4. The SMILES string of the molecule is O=C(Cc1csc(NC(=O)c2ccco2)n1)NCCN1CCCCCC1. The molecule has 3 rings (SSSR count). The summed E-state index contributed by atoms with van der Waals surface area (Å²) in [7, 11) is 0. The lowest BCUT2D eigenvalue weighted by molar-refractivity contribution is -0.120. The van der Waals surface area contributed by atoms with Crippen LogP contribution < -0.4 is 10.6 Å². The number of amides is 2. The Labute approximate surface area is 156 Å². The number of rotatable bonds is 7. The van der Waals surface area contributed by atoms with Crippen molar-refractivity contribution < 1.29 is 14.0 Å². The minimum absolute atomic E-state index is 0.0472. The lowest BCUT2D eigenvalue weighted by Crippen LogP contribution is -2.36. The minimum Gasteiger partial charge on any atom is -0.459 e. The third-order valence-corrected chi connectivity index (χ3v) is 5.11. The first-order valence-corrected chi connectivity index (χ1v) is 9.87. The number of anilines is 1. The molecule has 2 N–H and O–H groups in total. The zero-order chi connectivity index (χ0) is 18.2. The summed E-state index contributed by atoms with van der Waals surface area (Å²) in [6, 6.07) is 3.24. The fraction of sp³-hybridized carbons (Fsp3) is 0.500. The van der Waals surface area contributed by atoms with E-state index in [9.17, 15) is 9.59 Å². The van der Waals surface area contributed by atoms with Gasteiger partial charge < -0.3 is 14.6 Å². The Balaban J connectivity index is 1.39. The van der Waals surface area contributed by atoms with Gasteiger partial charge in [-0.15, -0.1) is 11.3 Å². The lowest BCUT2D eigenvalue weighted by atomic mass is 10.2. The Kier molecular flexibility index (Phi) is 6.79. The molecule has 0 unspecified atom stereocenters. The van der Waals surface area contributed by atoms with Crippen LogP contribution >= 0.6 is 11.3 Å². The van der Waals surface area contributed by atoms with Crippen LogP contribution in [0, 0.1) is 0 Å². The van der Waals surface area contributed by atoms with Crippen molar-refractivity contribution in [2.24, 2.45) is 0 Å². The first kappa shape index (κ1) is 18.6. The Morgan fingerprint density at radius 3 is 2.77 bits per heavy atom. The summed E-state index contributed by atoms with van der Waals surface area (Å²) in [5, 5.41) is 7.86. The molecule has 2 aromatic heterocycles. The molecule has 0 spiro atoms. The maximum atomic E-state index is 12.1. The van der Waals surface area contributed by atoms with Crippen molar-refractivity contribution in [1.29, 1.82) is 0 Å². The average molecular weight is 376 g/mol. The van der Waals surface area contributed by atoms with Gasteiger partial charge in [-0.2, -0.15) is 0 Å². The highest BCUT2D eigenvalue weighted by Gasteiger charge is 2.13. The summed E-state index contributed by atoms with van der Waals surface area (Å²) in [5.41, 5.74) is 0.650. The van der Waals surface area contributed by atoms with Gasteiger partial charge >= 0.3 is 0 Å². The molecule has 0 aromatic carbocycles. The Morgan fingerprint density at radius 1 is 1.23 bits per heavy atom. The highest BCUT2D eigenvalue weighted by Crippen LogP contribution is 2.17. The maximum Gasteiger partial charge on any atom is 0.293 e. The number of likely N-dealkylation sites (tertiary alicyclic amines) is 1. The van der Waals surface area contributed by atoms with Crippen LogP contribution in [0.2, 0.25) is 0 Å². The molecule has 2 amide bonds. The maximum absolute atomic E-state index is 12.1. The highest BCUT2D eigenvalue weighted by atomic mass is 32.1. The largest absolute Gasteiger partial charge is 0.459 e. The first-order valence-electron chi connectivity index (χ1n) is 8.99. The van der Waals surface area contributed by atoms with E-state index in [0.717, 1.165) is 19.6 Å². The molecule has 8 heteroatoms. The second-order valence-electron chi connectivity index (χ2n) is 6.36. The quantitative estimate of drug-likeness (QED) is 0.775. The standard InChI is InChI=1S/C18H24N4O3S/c23-16(19-7-10-22-8-3-1-2-4-9-22)12-14-13-26-18(20-14)21-17(24)15-6-5-11-25-15/h5-6,11,13H,1-4,7-10,12H2,(H,19,23)(H,20,21,24). The van der Waals surface area contributed by atoms with E-state index in [4.69, 9.17) is 4.42 Å². The second kappa shape index (κ2) is 9.49. The van der Waals surface area contributed by atoms with Crippen LogP contribution in [-0.4, -0.2) is 47.9 Å². The molecule has 3 heterocycles. The Morgan fingerprint density at radius 2 is 2.04 bits per heavy atom. The molecule has 1 aliphatic rings. The van der Waals surface area contributed by atoms with Gasteiger partial charge in [0.2, 0.25) is 5.91 Å². The third-order valence-electron chi connectivity index (χ3n) is 4.31. The van der Waals surface area contributed by atoms with Gasteiger partial charge in [0.15, 0.2) is 10.9 Å². The molecule has 2 aromatic rings. The van der Waals surface area contributed by atoms with Crippen molar-refractivity contribution in [3.05, 3.63) is 35.2 Å². The molecular formula is C18H24N4O3S. The van der Waals surface area contributed by atoms with Gasteiger partial charge in [-0.25, -0.2) is 4.98 Å². The van der Waals surface area contributed by atoms with Gasteiger partial charge in [0.05, 0.1) is 18.4 Å². The van der Waals surface area contributed by atoms with Gasteiger partial charge in [-0.3, -0.25) is 14.9 Å². The number of hydrogen-bond donors (Lipinski definition) is 2. The van der Waals surface area contributed by atoms with Crippen LogP contribution in [0.5, 0.6) is 0 Å². The number of nitrogens with one attached hydrogen (secondary N) is 2. The van der Waals surface area contributed by atoms with E-state index < -0.39 is 0 Å². The summed E-state index contributed by atoms with van der Waals surface area (Å²) >= 11 is 1.29. The summed E-state index contributed by atoms with van der Waals surface area (Å²) in [4.78, 5) is 30.7. The number of carbonyl (C=O) groups excluding carboxylic acids is 2. The van der Waals surface area contributed by atoms with Crippen molar-refractivity contribution in [3.8, 4) is 0 Å². The zero-order valence-electron chi connectivity index (χ0n) is 14.7. The lowest BCUT2D eigenvalue weighted by Gasteiger charge is -2.19. The van der Waals surface area contributed by atoms with E-state index in [2.05, 4.69) is 20.5 Å². The van der Waals surface area contributed by atoms with Crippen molar-refractivity contribution in [1.82, 2.24) is 15.2 Å². The Bertz CT molecular complexity index is 706. The van der Waals surface area contributed by atoms with E-state index in [-0.39, 0.29) is 24.0 Å². The van der Waals surface area contributed by atoms with Gasteiger partial charge in [-0.1, -0.05) is 12.8 Å². The van der Waals surface area contributed by atoms with Gasteiger partial charge in [0.1, 0.15) is 0 Å². The number of furan rings is 1. The van der Waals surface area contributed by atoms with Crippen molar-refractivity contribution in [2.45, 2.75) is 32.1 Å². The summed E-state index contributed by atoms with van der Waals surface area (Å²) in [6.45, 7) is 3.81. The van der Waals surface area contributed by atoms with E-state index in [0.29, 0.717) is 17.4 Å². The molecule has 1 aliphatic heterocycles. The fourth-order valence-electron chi connectivity index (χ4n) is 2.95. The van der Waals surface area contributed by atoms with Crippen LogP contribution in [0.3, 0.4) is 0 Å². The topological polar surface area (TPSA) is 87.5 Å². The molecule has 0 atom stereocenters. The van der Waals surface area contributed by atoms with Gasteiger partial charge in [0, 0.05) is 18.5 Å². The molecule has 1 fully saturated rings. The van der Waals surface area contributed by atoms with Crippen molar-refractivity contribution in [2.75, 3.05) is 31.5 Å². The molecule has 0 radical (unpaired) electrons. The number of hydrogen-bond acceptors (Lipinski definition) is 6. The molecule has 26 heavy (non-hydrogen) atoms. The molecule has 7 nitrogen and oxygen atoms in total. The average Bonchev–Trinajstić information content (AvgIpc) is 3.23. The zero-order valence-corrected chi connectivity index (χ0v) is 15.5. The van der Waals surface area contributed by atoms with Crippen LogP contribution in [0.25, 0.3) is 0 Å². The number of aromatic nitrogens is 1. The van der Waals surface area contributed by atoms with E-state index in [1.54, 1.807) is 17.5 Å². The van der Waals surface area contributed by atoms with Gasteiger partial charge in [0.25, 0.3) is 5.91 Å². The summed E-state index contributed by atoms with van der Waals surface area (Å²) in [5.74, 6) is -0.167. The molecular weight excluding hydrogens is 352 g/mol. The number of carbonyl (C=O) groups is 2. The third kappa shape index (κ3) is 5.67. The van der Waals surface area contributed by atoms with E-state index in [1.807, 2.05) is 0 Å². The van der Waals surface area contributed by atoms with E-state index >= 15 is 0 Å². The summed E-state index contributed by atoms with van der Waals surface area (Å²) in [6.07, 6.45) is 6.78. The van der Waals surface area contributed by atoms with E-state index in [1.165, 1.54) is 43.3 Å². The fourth-order valence-corrected chi connectivity index (χ4v) is 3.66. The molecule has 0 saturated carbocycles. The molecule has 0 bridgehead atoms.